The largest absolute Gasteiger partial charge is 0.492 e. The van der Waals surface area contributed by atoms with Gasteiger partial charge in [0.25, 0.3) is 0 Å². The van der Waals surface area contributed by atoms with Crippen LogP contribution in [0.1, 0.15) is 35.7 Å². The van der Waals surface area contributed by atoms with Crippen molar-refractivity contribution in [2.45, 2.75) is 25.3 Å². The lowest BCUT2D eigenvalue weighted by molar-refractivity contribution is 0.186. The van der Waals surface area contributed by atoms with Crippen LogP contribution in [-0.2, 0) is 0 Å². The first-order valence-corrected chi connectivity index (χ1v) is 8.78. The summed E-state index contributed by atoms with van der Waals surface area (Å²) >= 11 is 1.20. The smallest absolute Gasteiger partial charge is 0.230 e. The third-order valence-corrected chi connectivity index (χ3v) is 5.55. The van der Waals surface area contributed by atoms with Gasteiger partial charge in [0.05, 0.1) is 10.9 Å². The molecule has 9 heteroatoms. The molecule has 2 aromatic heterocycles. The number of aromatic hydroxyl groups is 1. The van der Waals surface area contributed by atoms with E-state index < -0.39 is 23.5 Å². The van der Waals surface area contributed by atoms with E-state index in [0.29, 0.717) is 9.84 Å². The Bertz CT molecular complexity index is 896. The van der Waals surface area contributed by atoms with Gasteiger partial charge in [0.2, 0.25) is 10.8 Å². The highest BCUT2D eigenvalue weighted by Gasteiger charge is 2.31. The molecule has 1 aromatic carbocycles. The van der Waals surface area contributed by atoms with Crippen LogP contribution >= 0.6 is 11.3 Å². The van der Waals surface area contributed by atoms with E-state index >= 15 is 0 Å². The molecule has 0 bridgehead atoms. The maximum Gasteiger partial charge on any atom is 0.230 e. The van der Waals surface area contributed by atoms with Gasteiger partial charge in [-0.15, -0.1) is 0 Å². The van der Waals surface area contributed by atoms with Crippen LogP contribution in [0.25, 0.3) is 4.96 Å². The van der Waals surface area contributed by atoms with Gasteiger partial charge >= 0.3 is 0 Å². The van der Waals surface area contributed by atoms with Crippen LogP contribution in [0.3, 0.4) is 0 Å². The monoisotopic (exact) mass is 368 g/mol. The molecule has 0 spiro atoms. The molecule has 0 saturated carbocycles. The summed E-state index contributed by atoms with van der Waals surface area (Å²) in [6.45, 7) is 1.44. The first-order chi connectivity index (χ1) is 12.1. The maximum atomic E-state index is 13.8. The second-order valence-electron chi connectivity index (χ2n) is 6.04. The van der Waals surface area contributed by atoms with Crippen molar-refractivity contribution in [1.82, 2.24) is 19.5 Å². The van der Waals surface area contributed by atoms with Gasteiger partial charge in [-0.25, -0.2) is 18.2 Å². The highest BCUT2D eigenvalue weighted by atomic mass is 32.1. The van der Waals surface area contributed by atoms with Crippen LogP contribution in [0.2, 0.25) is 0 Å². The van der Waals surface area contributed by atoms with Crippen LogP contribution in [0, 0.1) is 17.5 Å². The van der Waals surface area contributed by atoms with Crippen molar-refractivity contribution in [3.8, 4) is 5.88 Å². The lowest BCUT2D eigenvalue weighted by Crippen LogP contribution is -2.34. The number of fused-ring (bicyclic) bond motifs is 1. The SMILES string of the molecule is Oc1c(C(c2cc(F)c(F)c(F)c2)N2CCCCC2)sc2ncnn12. The topological polar surface area (TPSA) is 53.7 Å². The Morgan fingerprint density at radius 2 is 1.76 bits per heavy atom. The summed E-state index contributed by atoms with van der Waals surface area (Å²) < 4.78 is 42.3. The second kappa shape index (κ2) is 6.30. The van der Waals surface area contributed by atoms with Crippen molar-refractivity contribution in [1.29, 1.82) is 0 Å². The Morgan fingerprint density at radius 3 is 2.40 bits per heavy atom. The Morgan fingerprint density at radius 1 is 1.08 bits per heavy atom. The van der Waals surface area contributed by atoms with Crippen molar-refractivity contribution < 1.29 is 18.3 Å². The molecule has 1 unspecified atom stereocenters. The number of halogens is 3. The van der Waals surface area contributed by atoms with Gasteiger partial charge in [-0.3, -0.25) is 4.90 Å². The first kappa shape index (κ1) is 16.3. The summed E-state index contributed by atoms with van der Waals surface area (Å²) in [6, 6.07) is 1.40. The normalized spacial score (nSPS) is 17.2. The number of nitrogens with zero attached hydrogens (tertiary/aromatic N) is 4. The van der Waals surface area contributed by atoms with Gasteiger partial charge in [0.1, 0.15) is 6.33 Å². The van der Waals surface area contributed by atoms with Gasteiger partial charge < -0.3 is 5.11 Å². The highest BCUT2D eigenvalue weighted by Crippen LogP contribution is 2.41. The van der Waals surface area contributed by atoms with E-state index in [2.05, 4.69) is 10.1 Å². The zero-order chi connectivity index (χ0) is 17.6. The number of thiazole rings is 1. The molecule has 1 saturated heterocycles. The third kappa shape index (κ3) is 2.77. The summed E-state index contributed by atoms with van der Waals surface area (Å²) in [6.07, 6.45) is 4.30. The number of piperidine rings is 1. The Balaban J connectivity index is 1.87. The number of hydrogen-bond acceptors (Lipinski definition) is 5. The Hall–Kier alpha value is -2.13. The molecule has 25 heavy (non-hydrogen) atoms. The van der Waals surface area contributed by atoms with Crippen LogP contribution in [0.4, 0.5) is 13.2 Å². The van der Waals surface area contributed by atoms with Crippen LogP contribution < -0.4 is 0 Å². The zero-order valence-electron chi connectivity index (χ0n) is 13.1. The summed E-state index contributed by atoms with van der Waals surface area (Å²) in [4.78, 5) is 7.07. The summed E-state index contributed by atoms with van der Waals surface area (Å²) in [5.41, 5.74) is 0.262. The van der Waals surface area contributed by atoms with Crippen molar-refractivity contribution in [3.63, 3.8) is 0 Å². The number of aromatic nitrogens is 3. The van der Waals surface area contributed by atoms with Gasteiger partial charge in [0.15, 0.2) is 17.5 Å². The molecule has 1 fully saturated rings. The minimum atomic E-state index is -1.49. The molecule has 5 nitrogen and oxygen atoms in total. The second-order valence-corrected chi connectivity index (χ2v) is 7.05. The lowest BCUT2D eigenvalue weighted by Gasteiger charge is -2.34. The molecule has 3 aromatic rings. The lowest BCUT2D eigenvalue weighted by atomic mass is 10.00. The summed E-state index contributed by atoms with van der Waals surface area (Å²) in [5, 5.41) is 14.5. The van der Waals surface area contributed by atoms with Gasteiger partial charge in [-0.1, -0.05) is 17.8 Å². The van der Waals surface area contributed by atoms with Crippen molar-refractivity contribution >= 4 is 16.3 Å². The fourth-order valence-corrected chi connectivity index (χ4v) is 4.40. The molecule has 132 valence electrons. The first-order valence-electron chi connectivity index (χ1n) is 7.96. The quantitative estimate of drug-likeness (QED) is 0.719. The fraction of sp³-hybridized carbons (Fsp3) is 0.375. The molecular formula is C16H15F3N4OS. The Kier molecular flexibility index (Phi) is 4.12. The molecule has 1 aliphatic rings. The standard InChI is InChI=1S/C16H15F3N4OS/c17-10-6-9(7-11(18)12(10)19)13(22-4-2-1-3-5-22)14-15(24)23-16(25-14)20-8-21-23/h6-8,13,24H,1-5H2. The molecule has 1 atom stereocenters. The number of hydrogen-bond donors (Lipinski definition) is 1. The average Bonchev–Trinajstić information content (AvgIpc) is 3.18. The van der Waals surface area contributed by atoms with Gasteiger partial charge in [-0.2, -0.15) is 9.61 Å². The van der Waals surface area contributed by atoms with Crippen LogP contribution in [0.5, 0.6) is 5.88 Å². The number of rotatable bonds is 3. The molecule has 3 heterocycles. The third-order valence-electron chi connectivity index (χ3n) is 4.46. The number of likely N-dealkylation sites (tertiary alicyclic amines) is 1. The molecular weight excluding hydrogens is 353 g/mol. The number of benzene rings is 1. The van der Waals surface area contributed by atoms with Crippen molar-refractivity contribution in [3.05, 3.63) is 46.4 Å². The van der Waals surface area contributed by atoms with E-state index in [1.165, 1.54) is 22.2 Å². The fourth-order valence-electron chi connectivity index (χ4n) is 3.31. The van der Waals surface area contributed by atoms with Gasteiger partial charge in [-0.05, 0) is 43.6 Å². The zero-order valence-corrected chi connectivity index (χ0v) is 13.9. The highest BCUT2D eigenvalue weighted by molar-refractivity contribution is 7.17. The van der Waals surface area contributed by atoms with E-state index in [-0.39, 0.29) is 11.4 Å². The van der Waals surface area contributed by atoms with Crippen molar-refractivity contribution in [2.24, 2.45) is 0 Å². The van der Waals surface area contributed by atoms with Crippen molar-refractivity contribution in [2.75, 3.05) is 13.1 Å². The Labute approximate surface area is 145 Å². The van der Waals surface area contributed by atoms with E-state index in [1.807, 2.05) is 4.90 Å². The summed E-state index contributed by atoms with van der Waals surface area (Å²) in [5.74, 6) is -4.09. The van der Waals surface area contributed by atoms with E-state index in [9.17, 15) is 18.3 Å². The molecule has 0 amide bonds. The predicted molar refractivity (Wildman–Crippen MR) is 86.1 cm³/mol. The predicted octanol–water partition coefficient (Wildman–Crippen LogP) is 3.49. The van der Waals surface area contributed by atoms with Crippen LogP contribution in [0.15, 0.2) is 18.5 Å². The minimum absolute atomic E-state index is 0.113. The molecule has 0 radical (unpaired) electrons. The average molecular weight is 368 g/mol. The van der Waals surface area contributed by atoms with Crippen LogP contribution in [-0.4, -0.2) is 37.7 Å². The van der Waals surface area contributed by atoms with E-state index in [0.717, 1.165) is 44.5 Å². The molecule has 0 aliphatic carbocycles. The summed E-state index contributed by atoms with van der Waals surface area (Å²) in [7, 11) is 0. The molecule has 1 aliphatic heterocycles. The molecule has 1 N–H and O–H groups in total. The molecule has 4 rings (SSSR count). The van der Waals surface area contributed by atoms with E-state index in [1.54, 1.807) is 0 Å². The van der Waals surface area contributed by atoms with Gasteiger partial charge in [0, 0.05) is 0 Å². The van der Waals surface area contributed by atoms with E-state index in [4.69, 9.17) is 0 Å². The maximum absolute atomic E-state index is 13.8. The minimum Gasteiger partial charge on any atom is -0.492 e.